The lowest BCUT2D eigenvalue weighted by molar-refractivity contribution is -0.124. The Morgan fingerprint density at radius 3 is 2.82 bits per heavy atom. The number of rotatable bonds is 4. The normalized spacial score (nSPS) is 9.82. The Balaban J connectivity index is 2.64. The first kappa shape index (κ1) is 14.0. The van der Waals surface area contributed by atoms with E-state index in [4.69, 9.17) is 16.3 Å². The van der Waals surface area contributed by atoms with Crippen LogP contribution in [0.3, 0.4) is 0 Å². The van der Waals surface area contributed by atoms with Gasteiger partial charge in [0.25, 0.3) is 5.91 Å². The lowest BCUT2D eigenvalue weighted by Crippen LogP contribution is -2.28. The van der Waals surface area contributed by atoms with Gasteiger partial charge in [0.1, 0.15) is 0 Å². The van der Waals surface area contributed by atoms with Crippen LogP contribution >= 0.6 is 27.5 Å². The summed E-state index contributed by atoms with van der Waals surface area (Å²) in [6, 6.07) is 4.83. The SMILES string of the molecule is CCNC(=O)COC(=O)c1cc(Br)ccc1Cl. The van der Waals surface area contributed by atoms with E-state index in [1.54, 1.807) is 25.1 Å². The van der Waals surface area contributed by atoms with Crippen LogP contribution in [0.1, 0.15) is 17.3 Å². The third kappa shape index (κ3) is 4.36. The van der Waals surface area contributed by atoms with Gasteiger partial charge in [0, 0.05) is 11.0 Å². The van der Waals surface area contributed by atoms with E-state index in [1.165, 1.54) is 0 Å². The van der Waals surface area contributed by atoms with E-state index in [9.17, 15) is 9.59 Å². The number of carbonyl (C=O) groups excluding carboxylic acids is 2. The van der Waals surface area contributed by atoms with E-state index >= 15 is 0 Å². The van der Waals surface area contributed by atoms with E-state index < -0.39 is 5.97 Å². The molecule has 0 saturated heterocycles. The molecular formula is C11H11BrClNO3. The Kier molecular flexibility index (Phi) is 5.44. The van der Waals surface area contributed by atoms with Gasteiger partial charge in [-0.1, -0.05) is 27.5 Å². The number of esters is 1. The number of hydrogen-bond acceptors (Lipinski definition) is 3. The molecule has 0 radical (unpaired) electrons. The third-order valence-electron chi connectivity index (χ3n) is 1.86. The van der Waals surface area contributed by atoms with Crippen LogP contribution in [0.25, 0.3) is 0 Å². The van der Waals surface area contributed by atoms with Gasteiger partial charge in [0.05, 0.1) is 10.6 Å². The summed E-state index contributed by atoms with van der Waals surface area (Å²) in [5.41, 5.74) is 0.227. The zero-order chi connectivity index (χ0) is 12.8. The second-order valence-electron chi connectivity index (χ2n) is 3.15. The average molecular weight is 321 g/mol. The molecule has 92 valence electrons. The van der Waals surface area contributed by atoms with Crippen molar-refractivity contribution in [3.05, 3.63) is 33.3 Å². The standard InChI is InChI=1S/C11H11BrClNO3/c1-2-14-10(15)6-17-11(16)8-5-7(12)3-4-9(8)13/h3-5H,2,6H2,1H3,(H,14,15). The van der Waals surface area contributed by atoms with Crippen molar-refractivity contribution in [2.24, 2.45) is 0 Å². The maximum absolute atomic E-state index is 11.6. The predicted molar refractivity (Wildman–Crippen MR) is 68.1 cm³/mol. The van der Waals surface area contributed by atoms with Crippen LogP contribution in [-0.4, -0.2) is 25.0 Å². The summed E-state index contributed by atoms with van der Waals surface area (Å²) in [6.45, 7) is 1.97. The highest BCUT2D eigenvalue weighted by Crippen LogP contribution is 2.21. The minimum atomic E-state index is -0.623. The van der Waals surface area contributed by atoms with Gasteiger partial charge in [-0.3, -0.25) is 4.79 Å². The molecule has 0 unspecified atom stereocenters. The molecule has 0 atom stereocenters. The van der Waals surface area contributed by atoms with Gasteiger partial charge in [-0.2, -0.15) is 0 Å². The van der Waals surface area contributed by atoms with Crippen LogP contribution in [-0.2, 0) is 9.53 Å². The van der Waals surface area contributed by atoms with Gasteiger partial charge >= 0.3 is 5.97 Å². The van der Waals surface area contributed by atoms with Gasteiger partial charge in [-0.15, -0.1) is 0 Å². The van der Waals surface area contributed by atoms with Crippen LogP contribution < -0.4 is 5.32 Å². The molecule has 0 heterocycles. The number of likely N-dealkylation sites (N-methyl/N-ethyl adjacent to an activating group) is 1. The van der Waals surface area contributed by atoms with Crippen LogP contribution in [0.2, 0.25) is 5.02 Å². The molecule has 4 nitrogen and oxygen atoms in total. The van der Waals surface area contributed by atoms with E-state index in [0.29, 0.717) is 11.0 Å². The summed E-state index contributed by atoms with van der Waals surface area (Å²) < 4.78 is 5.54. The molecular weight excluding hydrogens is 309 g/mol. The van der Waals surface area contributed by atoms with Crippen molar-refractivity contribution < 1.29 is 14.3 Å². The Bertz CT molecular complexity index is 437. The first-order valence-electron chi connectivity index (χ1n) is 4.93. The molecule has 1 rings (SSSR count). The zero-order valence-electron chi connectivity index (χ0n) is 9.13. The lowest BCUT2D eigenvalue weighted by atomic mass is 10.2. The van der Waals surface area contributed by atoms with Crippen LogP contribution in [0, 0.1) is 0 Å². The van der Waals surface area contributed by atoms with Crippen molar-refractivity contribution in [1.82, 2.24) is 5.32 Å². The fourth-order valence-electron chi connectivity index (χ4n) is 1.11. The van der Waals surface area contributed by atoms with Crippen molar-refractivity contribution in [3.8, 4) is 0 Å². The summed E-state index contributed by atoms with van der Waals surface area (Å²) in [7, 11) is 0. The van der Waals surface area contributed by atoms with Crippen molar-refractivity contribution >= 4 is 39.4 Å². The Morgan fingerprint density at radius 1 is 1.47 bits per heavy atom. The number of hydrogen-bond donors (Lipinski definition) is 1. The maximum Gasteiger partial charge on any atom is 0.340 e. The highest BCUT2D eigenvalue weighted by atomic mass is 79.9. The van der Waals surface area contributed by atoms with E-state index in [2.05, 4.69) is 21.2 Å². The summed E-state index contributed by atoms with van der Waals surface area (Å²) >= 11 is 9.07. The van der Waals surface area contributed by atoms with Crippen LogP contribution in [0.4, 0.5) is 0 Å². The van der Waals surface area contributed by atoms with Gasteiger partial charge in [0.2, 0.25) is 0 Å². The minimum Gasteiger partial charge on any atom is -0.452 e. The van der Waals surface area contributed by atoms with Gasteiger partial charge in [-0.25, -0.2) is 4.79 Å². The Labute approximate surface area is 112 Å². The first-order valence-corrected chi connectivity index (χ1v) is 6.10. The molecule has 0 saturated carbocycles. The second kappa shape index (κ2) is 6.61. The molecule has 0 bridgehead atoms. The first-order chi connectivity index (χ1) is 8.04. The van der Waals surface area contributed by atoms with Gasteiger partial charge < -0.3 is 10.1 Å². The van der Waals surface area contributed by atoms with Crippen LogP contribution in [0.15, 0.2) is 22.7 Å². The number of benzene rings is 1. The zero-order valence-corrected chi connectivity index (χ0v) is 11.5. The largest absolute Gasteiger partial charge is 0.452 e. The topological polar surface area (TPSA) is 55.4 Å². The number of carbonyl (C=O) groups is 2. The quantitative estimate of drug-likeness (QED) is 0.867. The number of ether oxygens (including phenoxy) is 1. The Morgan fingerprint density at radius 2 is 2.18 bits per heavy atom. The second-order valence-corrected chi connectivity index (χ2v) is 4.48. The lowest BCUT2D eigenvalue weighted by Gasteiger charge is -2.06. The molecule has 0 aliphatic rings. The fourth-order valence-corrected chi connectivity index (χ4v) is 1.67. The molecule has 1 aromatic carbocycles. The number of amides is 1. The summed E-state index contributed by atoms with van der Waals surface area (Å²) in [5, 5.41) is 2.81. The van der Waals surface area contributed by atoms with E-state index in [1.807, 2.05) is 0 Å². The number of nitrogens with one attached hydrogen (secondary N) is 1. The van der Waals surface area contributed by atoms with E-state index in [-0.39, 0.29) is 23.1 Å². The molecule has 17 heavy (non-hydrogen) atoms. The monoisotopic (exact) mass is 319 g/mol. The number of halogens is 2. The molecule has 1 amide bonds. The molecule has 0 fully saturated rings. The maximum atomic E-state index is 11.6. The van der Waals surface area contributed by atoms with Crippen molar-refractivity contribution in [2.45, 2.75) is 6.92 Å². The molecule has 0 spiro atoms. The highest BCUT2D eigenvalue weighted by Gasteiger charge is 2.13. The fraction of sp³-hybridized carbons (Fsp3) is 0.273. The van der Waals surface area contributed by atoms with Crippen molar-refractivity contribution in [3.63, 3.8) is 0 Å². The van der Waals surface area contributed by atoms with E-state index in [0.717, 1.165) is 0 Å². The molecule has 1 aromatic rings. The molecule has 0 aromatic heterocycles. The van der Waals surface area contributed by atoms with Crippen molar-refractivity contribution in [2.75, 3.05) is 13.2 Å². The third-order valence-corrected chi connectivity index (χ3v) is 2.68. The van der Waals surface area contributed by atoms with Gasteiger partial charge in [0.15, 0.2) is 6.61 Å². The summed E-state index contributed by atoms with van der Waals surface area (Å²) in [6.07, 6.45) is 0. The van der Waals surface area contributed by atoms with Crippen molar-refractivity contribution in [1.29, 1.82) is 0 Å². The van der Waals surface area contributed by atoms with Gasteiger partial charge in [-0.05, 0) is 25.1 Å². The predicted octanol–water partition coefficient (Wildman–Crippen LogP) is 2.40. The molecule has 0 aliphatic heterocycles. The Hall–Kier alpha value is -1.07. The molecule has 0 aliphatic carbocycles. The molecule has 6 heteroatoms. The minimum absolute atomic E-state index is 0.227. The molecule has 1 N–H and O–H groups in total. The summed E-state index contributed by atoms with van der Waals surface area (Å²) in [5.74, 6) is -0.963. The van der Waals surface area contributed by atoms with Crippen LogP contribution in [0.5, 0.6) is 0 Å². The average Bonchev–Trinajstić information content (AvgIpc) is 2.29. The highest BCUT2D eigenvalue weighted by molar-refractivity contribution is 9.10. The summed E-state index contributed by atoms with van der Waals surface area (Å²) in [4.78, 5) is 22.7. The smallest absolute Gasteiger partial charge is 0.340 e.